The van der Waals surface area contributed by atoms with Gasteiger partial charge in [-0.2, -0.15) is 13.2 Å². The highest BCUT2D eigenvalue weighted by atomic mass is 35.5. The molecule has 0 radical (unpaired) electrons. The van der Waals surface area contributed by atoms with E-state index < -0.39 is 5.51 Å². The van der Waals surface area contributed by atoms with E-state index in [9.17, 15) is 13.2 Å². The highest BCUT2D eigenvalue weighted by molar-refractivity contribution is 8.00. The molecular formula is C10H17ClF3NS. The molecule has 2 unspecified atom stereocenters. The molecule has 0 spiro atoms. The number of nitrogens with zero attached hydrogens (tertiary/aromatic N) is 1. The van der Waals surface area contributed by atoms with Crippen LogP contribution in [0.5, 0.6) is 0 Å². The van der Waals surface area contributed by atoms with E-state index in [1.807, 2.05) is 11.9 Å². The average Bonchev–Trinajstić information content (AvgIpc) is 2.16. The van der Waals surface area contributed by atoms with Crippen molar-refractivity contribution in [1.82, 2.24) is 4.90 Å². The van der Waals surface area contributed by atoms with Crippen LogP contribution in [0.1, 0.15) is 25.7 Å². The van der Waals surface area contributed by atoms with E-state index in [4.69, 9.17) is 11.6 Å². The van der Waals surface area contributed by atoms with Gasteiger partial charge in [0.1, 0.15) is 0 Å². The Bertz CT molecular complexity index is 213. The van der Waals surface area contributed by atoms with Crippen LogP contribution in [0.4, 0.5) is 13.2 Å². The Morgan fingerprint density at radius 3 is 2.50 bits per heavy atom. The van der Waals surface area contributed by atoms with Crippen LogP contribution in [-0.4, -0.2) is 41.2 Å². The van der Waals surface area contributed by atoms with E-state index >= 15 is 0 Å². The van der Waals surface area contributed by atoms with Crippen LogP contribution in [-0.2, 0) is 0 Å². The van der Waals surface area contributed by atoms with Crippen molar-refractivity contribution in [2.75, 3.05) is 19.3 Å². The molecule has 0 amide bonds. The fraction of sp³-hybridized carbons (Fsp3) is 1.00. The third-order valence-corrected chi connectivity index (χ3v) is 4.15. The minimum atomic E-state index is -4.12. The average molecular weight is 276 g/mol. The number of hydrogen-bond donors (Lipinski definition) is 0. The summed E-state index contributed by atoms with van der Waals surface area (Å²) in [6, 6.07) is 0.240. The summed E-state index contributed by atoms with van der Waals surface area (Å²) in [7, 11) is 1.86. The molecule has 0 aromatic heterocycles. The lowest BCUT2D eigenvalue weighted by Gasteiger charge is -2.34. The fourth-order valence-corrected chi connectivity index (χ4v) is 3.12. The van der Waals surface area contributed by atoms with Crippen molar-refractivity contribution in [3.63, 3.8) is 0 Å². The highest BCUT2D eigenvalue weighted by Gasteiger charge is 2.30. The van der Waals surface area contributed by atoms with E-state index in [2.05, 4.69) is 0 Å². The van der Waals surface area contributed by atoms with Gasteiger partial charge in [-0.15, -0.1) is 11.6 Å². The summed E-state index contributed by atoms with van der Waals surface area (Å²) in [6.07, 6.45) is 4.24. The van der Waals surface area contributed by atoms with Crippen LogP contribution in [0, 0.1) is 0 Å². The molecule has 0 saturated heterocycles. The van der Waals surface area contributed by atoms with Crippen LogP contribution in [0.15, 0.2) is 0 Å². The van der Waals surface area contributed by atoms with Gasteiger partial charge < -0.3 is 4.90 Å². The Hall–Kier alpha value is 0.390. The number of thioether (sulfide) groups is 1. The molecule has 1 aliphatic carbocycles. The molecule has 0 aromatic rings. The molecule has 1 nitrogen and oxygen atoms in total. The molecular weight excluding hydrogens is 259 g/mol. The summed E-state index contributed by atoms with van der Waals surface area (Å²) in [4.78, 5) is 1.97. The fourth-order valence-electron chi connectivity index (χ4n) is 2.03. The van der Waals surface area contributed by atoms with Crippen molar-refractivity contribution in [2.24, 2.45) is 0 Å². The third-order valence-electron chi connectivity index (χ3n) is 2.92. The SMILES string of the molecule is CN(CCSC(F)(F)F)C1CCCCC1Cl. The first-order valence-electron chi connectivity index (χ1n) is 5.45. The van der Waals surface area contributed by atoms with Gasteiger partial charge in [-0.3, -0.25) is 0 Å². The number of hydrogen-bond acceptors (Lipinski definition) is 2. The lowest BCUT2D eigenvalue weighted by atomic mass is 9.94. The predicted octanol–water partition coefficient (Wildman–Crippen LogP) is 3.72. The Kier molecular flexibility index (Phi) is 5.74. The monoisotopic (exact) mass is 275 g/mol. The van der Waals surface area contributed by atoms with Crippen molar-refractivity contribution >= 4 is 23.4 Å². The molecule has 16 heavy (non-hydrogen) atoms. The highest BCUT2D eigenvalue weighted by Crippen LogP contribution is 2.31. The normalized spacial score (nSPS) is 27.4. The maximum Gasteiger partial charge on any atom is 0.441 e. The first-order chi connectivity index (χ1) is 7.40. The minimum Gasteiger partial charge on any atom is -0.301 e. The second kappa shape index (κ2) is 6.36. The zero-order valence-electron chi connectivity index (χ0n) is 9.26. The lowest BCUT2D eigenvalue weighted by Crippen LogP contribution is -2.42. The van der Waals surface area contributed by atoms with Crippen LogP contribution >= 0.6 is 23.4 Å². The Morgan fingerprint density at radius 2 is 1.94 bits per heavy atom. The Labute approximate surface area is 104 Å². The third kappa shape index (κ3) is 5.15. The molecule has 1 rings (SSSR count). The predicted molar refractivity (Wildman–Crippen MR) is 63.0 cm³/mol. The summed E-state index contributed by atoms with van der Waals surface area (Å²) < 4.78 is 35.8. The molecule has 1 saturated carbocycles. The first kappa shape index (κ1) is 14.5. The largest absolute Gasteiger partial charge is 0.441 e. The van der Waals surface area contributed by atoms with E-state index in [0.717, 1.165) is 25.7 Å². The Morgan fingerprint density at radius 1 is 1.31 bits per heavy atom. The van der Waals surface area contributed by atoms with Crippen molar-refractivity contribution in [3.8, 4) is 0 Å². The van der Waals surface area contributed by atoms with Crippen molar-refractivity contribution < 1.29 is 13.2 Å². The summed E-state index contributed by atoms with van der Waals surface area (Å²) in [5, 5.41) is 0.0923. The van der Waals surface area contributed by atoms with E-state index in [1.165, 1.54) is 0 Å². The van der Waals surface area contributed by atoms with Crippen molar-refractivity contribution in [2.45, 2.75) is 42.6 Å². The molecule has 0 heterocycles. The van der Waals surface area contributed by atoms with Gasteiger partial charge in [0.2, 0.25) is 0 Å². The maximum absolute atomic E-state index is 11.9. The van der Waals surface area contributed by atoms with Gasteiger partial charge in [-0.25, -0.2) is 0 Å². The van der Waals surface area contributed by atoms with Crippen LogP contribution in [0.2, 0.25) is 0 Å². The van der Waals surface area contributed by atoms with Gasteiger partial charge in [-0.1, -0.05) is 12.8 Å². The first-order valence-corrected chi connectivity index (χ1v) is 6.87. The number of rotatable bonds is 4. The van der Waals surface area contributed by atoms with Crippen molar-refractivity contribution in [1.29, 1.82) is 0 Å². The van der Waals surface area contributed by atoms with Gasteiger partial charge in [0.15, 0.2) is 0 Å². The van der Waals surface area contributed by atoms with E-state index in [1.54, 1.807) is 0 Å². The smallest absolute Gasteiger partial charge is 0.301 e. The molecule has 6 heteroatoms. The van der Waals surface area contributed by atoms with Gasteiger partial charge in [-0.05, 0) is 31.7 Å². The van der Waals surface area contributed by atoms with Gasteiger partial charge in [0.05, 0.1) is 0 Å². The zero-order valence-corrected chi connectivity index (χ0v) is 10.8. The number of halogens is 4. The lowest BCUT2D eigenvalue weighted by molar-refractivity contribution is -0.0329. The van der Waals surface area contributed by atoms with Crippen LogP contribution in [0.25, 0.3) is 0 Å². The quantitative estimate of drug-likeness (QED) is 0.720. The Balaban J connectivity index is 2.25. The van der Waals surface area contributed by atoms with Gasteiger partial charge in [0.25, 0.3) is 0 Å². The summed E-state index contributed by atoms with van der Waals surface area (Å²) in [5.41, 5.74) is -4.12. The summed E-state index contributed by atoms with van der Waals surface area (Å²) >= 11 is 6.22. The number of alkyl halides is 4. The van der Waals surface area contributed by atoms with E-state index in [-0.39, 0.29) is 28.9 Å². The van der Waals surface area contributed by atoms with Gasteiger partial charge in [0, 0.05) is 23.7 Å². The van der Waals surface area contributed by atoms with Crippen LogP contribution in [0.3, 0.4) is 0 Å². The van der Waals surface area contributed by atoms with Gasteiger partial charge >= 0.3 is 5.51 Å². The second-order valence-electron chi connectivity index (χ2n) is 4.14. The van der Waals surface area contributed by atoms with Crippen LogP contribution < -0.4 is 0 Å². The molecule has 0 aromatic carbocycles. The minimum absolute atomic E-state index is 0.0424. The zero-order chi connectivity index (χ0) is 12.2. The topological polar surface area (TPSA) is 3.24 Å². The molecule has 1 fully saturated rings. The molecule has 0 bridgehead atoms. The molecule has 0 N–H and O–H groups in total. The standard InChI is InChI=1S/C10H17ClF3NS/c1-15(6-7-16-10(12,13)14)9-5-3-2-4-8(9)11/h8-9H,2-7H2,1H3. The summed E-state index contributed by atoms with van der Waals surface area (Å²) in [6.45, 7) is 0.443. The molecule has 2 atom stereocenters. The molecule has 0 aliphatic heterocycles. The summed E-state index contributed by atoms with van der Waals surface area (Å²) in [5.74, 6) is 0.0834. The molecule has 96 valence electrons. The van der Waals surface area contributed by atoms with E-state index in [0.29, 0.717) is 6.54 Å². The maximum atomic E-state index is 11.9. The van der Waals surface area contributed by atoms with Crippen molar-refractivity contribution in [3.05, 3.63) is 0 Å². The molecule has 1 aliphatic rings. The second-order valence-corrected chi connectivity index (χ2v) is 5.86.